The molecule has 0 amide bonds. The predicted molar refractivity (Wildman–Crippen MR) is 70.4 cm³/mol. The second-order valence-electron chi connectivity index (χ2n) is 3.61. The average molecular weight is 332 g/mol. The van der Waals surface area contributed by atoms with Crippen LogP contribution >= 0.6 is 27.5 Å². The van der Waals surface area contributed by atoms with Gasteiger partial charge in [-0.05, 0) is 41.1 Å². The number of rotatable bonds is 3. The zero-order chi connectivity index (χ0) is 13.3. The van der Waals surface area contributed by atoms with Gasteiger partial charge in [0.2, 0.25) is 5.78 Å². The topological polar surface area (TPSA) is 34.9 Å². The first-order valence-electron chi connectivity index (χ1n) is 5.25. The molecule has 2 rings (SSSR count). The highest BCUT2D eigenvalue weighted by Gasteiger charge is 2.20. The van der Waals surface area contributed by atoms with Gasteiger partial charge in [-0.15, -0.1) is 0 Å². The van der Waals surface area contributed by atoms with Crippen molar-refractivity contribution < 1.29 is 9.18 Å². The number of halogens is 3. The summed E-state index contributed by atoms with van der Waals surface area (Å²) in [6.45, 7) is 2.40. The molecule has 1 aromatic carbocycles. The molecule has 0 aliphatic heterocycles. The van der Waals surface area contributed by atoms with Crippen LogP contribution in [0.2, 0.25) is 5.02 Å². The summed E-state index contributed by atoms with van der Waals surface area (Å²) < 4.78 is 14.9. The summed E-state index contributed by atoms with van der Waals surface area (Å²) >= 11 is 9.13. The number of carbonyl (C=O) groups excluding carboxylic acids is 1. The quantitative estimate of drug-likeness (QED) is 0.804. The van der Waals surface area contributed by atoms with E-state index in [1.807, 2.05) is 6.92 Å². The van der Waals surface area contributed by atoms with Gasteiger partial charge in [0.05, 0.1) is 11.2 Å². The number of hydrogen-bond donors (Lipinski definition) is 0. The first-order chi connectivity index (χ1) is 8.54. The third-order valence-electron chi connectivity index (χ3n) is 2.49. The minimum Gasteiger partial charge on any atom is -0.287 e. The molecular formula is C12H9BrClFN2O. The fourth-order valence-corrected chi connectivity index (χ4v) is 2.39. The standard InChI is InChI=1S/C12H9BrClFN2O/c1-2-17-11(10(14)6-16-17)12(18)8-4-3-7(15)5-9(8)13/h3-6H,2H2,1H3. The van der Waals surface area contributed by atoms with E-state index in [2.05, 4.69) is 21.0 Å². The Bertz CT molecular complexity index is 612. The van der Waals surface area contributed by atoms with Crippen molar-refractivity contribution in [2.24, 2.45) is 0 Å². The molecule has 0 saturated carbocycles. The van der Waals surface area contributed by atoms with Crippen LogP contribution in [0, 0.1) is 5.82 Å². The second kappa shape index (κ2) is 5.20. The van der Waals surface area contributed by atoms with E-state index in [1.165, 1.54) is 29.1 Å². The Balaban J connectivity index is 2.51. The Kier molecular flexibility index (Phi) is 3.82. The highest BCUT2D eigenvalue weighted by atomic mass is 79.9. The third-order valence-corrected chi connectivity index (χ3v) is 3.42. The first-order valence-corrected chi connectivity index (χ1v) is 6.42. The maximum absolute atomic E-state index is 13.0. The van der Waals surface area contributed by atoms with Crippen LogP contribution < -0.4 is 0 Å². The van der Waals surface area contributed by atoms with E-state index in [0.717, 1.165) is 0 Å². The van der Waals surface area contributed by atoms with Gasteiger partial charge in [0.25, 0.3) is 0 Å². The number of ketones is 1. The van der Waals surface area contributed by atoms with Crippen molar-refractivity contribution in [1.29, 1.82) is 0 Å². The molecule has 0 spiro atoms. The summed E-state index contributed by atoms with van der Waals surface area (Å²) in [6.07, 6.45) is 1.43. The molecule has 3 nitrogen and oxygen atoms in total. The molecule has 0 atom stereocenters. The van der Waals surface area contributed by atoms with E-state index >= 15 is 0 Å². The van der Waals surface area contributed by atoms with E-state index in [9.17, 15) is 9.18 Å². The van der Waals surface area contributed by atoms with E-state index in [0.29, 0.717) is 22.3 Å². The molecule has 0 N–H and O–H groups in total. The summed E-state index contributed by atoms with van der Waals surface area (Å²) in [6, 6.07) is 3.90. The van der Waals surface area contributed by atoms with Crippen LogP contribution in [-0.4, -0.2) is 15.6 Å². The number of benzene rings is 1. The number of aromatic nitrogens is 2. The SMILES string of the molecule is CCn1ncc(Cl)c1C(=O)c1ccc(F)cc1Br. The van der Waals surface area contributed by atoms with Crippen molar-refractivity contribution in [3.05, 3.63) is 51.0 Å². The molecule has 94 valence electrons. The number of hydrogen-bond acceptors (Lipinski definition) is 2. The number of carbonyl (C=O) groups is 1. The Hall–Kier alpha value is -1.20. The molecule has 0 unspecified atom stereocenters. The van der Waals surface area contributed by atoms with Crippen LogP contribution in [0.25, 0.3) is 0 Å². The molecule has 0 aliphatic carbocycles. The molecule has 2 aromatic rings. The summed E-state index contributed by atoms with van der Waals surface area (Å²) in [5.41, 5.74) is 0.667. The monoisotopic (exact) mass is 330 g/mol. The van der Waals surface area contributed by atoms with Crippen molar-refractivity contribution in [2.75, 3.05) is 0 Å². The highest BCUT2D eigenvalue weighted by Crippen LogP contribution is 2.24. The summed E-state index contributed by atoms with van der Waals surface area (Å²) in [7, 11) is 0. The lowest BCUT2D eigenvalue weighted by Crippen LogP contribution is -2.11. The fourth-order valence-electron chi connectivity index (χ4n) is 1.63. The Morgan fingerprint density at radius 1 is 1.56 bits per heavy atom. The zero-order valence-corrected chi connectivity index (χ0v) is 11.8. The Morgan fingerprint density at radius 3 is 2.89 bits per heavy atom. The lowest BCUT2D eigenvalue weighted by Gasteiger charge is -2.06. The lowest BCUT2D eigenvalue weighted by atomic mass is 10.1. The van der Waals surface area contributed by atoms with Gasteiger partial charge in [0.1, 0.15) is 11.5 Å². The van der Waals surface area contributed by atoms with Gasteiger partial charge in [-0.1, -0.05) is 11.6 Å². The Morgan fingerprint density at radius 2 is 2.28 bits per heavy atom. The van der Waals surface area contributed by atoms with Crippen molar-refractivity contribution in [2.45, 2.75) is 13.5 Å². The van der Waals surface area contributed by atoms with Gasteiger partial charge < -0.3 is 0 Å². The molecular weight excluding hydrogens is 322 g/mol. The van der Waals surface area contributed by atoms with Crippen LogP contribution in [0.1, 0.15) is 23.0 Å². The zero-order valence-electron chi connectivity index (χ0n) is 9.45. The van der Waals surface area contributed by atoms with Crippen LogP contribution in [0.3, 0.4) is 0 Å². The second-order valence-corrected chi connectivity index (χ2v) is 4.87. The highest BCUT2D eigenvalue weighted by molar-refractivity contribution is 9.10. The smallest absolute Gasteiger partial charge is 0.213 e. The first kappa shape index (κ1) is 13.2. The van der Waals surface area contributed by atoms with Crippen molar-refractivity contribution in [3.63, 3.8) is 0 Å². The molecule has 0 saturated heterocycles. The molecule has 1 heterocycles. The van der Waals surface area contributed by atoms with Crippen LogP contribution in [-0.2, 0) is 6.54 Å². The van der Waals surface area contributed by atoms with E-state index < -0.39 is 5.82 Å². The van der Waals surface area contributed by atoms with Crippen LogP contribution in [0.5, 0.6) is 0 Å². The molecule has 0 radical (unpaired) electrons. The minimum absolute atomic E-state index is 0.286. The van der Waals surface area contributed by atoms with Gasteiger partial charge in [-0.3, -0.25) is 9.48 Å². The molecule has 18 heavy (non-hydrogen) atoms. The summed E-state index contributed by atoms with van der Waals surface area (Å²) in [5.74, 6) is -0.695. The van der Waals surface area contributed by atoms with Gasteiger partial charge in [0.15, 0.2) is 0 Å². The van der Waals surface area contributed by atoms with E-state index in [1.54, 1.807) is 0 Å². The van der Waals surface area contributed by atoms with Gasteiger partial charge >= 0.3 is 0 Å². The molecule has 0 fully saturated rings. The van der Waals surface area contributed by atoms with Gasteiger partial charge in [-0.2, -0.15) is 5.10 Å². The van der Waals surface area contributed by atoms with Crippen molar-refractivity contribution in [3.8, 4) is 0 Å². The molecule has 6 heteroatoms. The van der Waals surface area contributed by atoms with E-state index in [4.69, 9.17) is 11.6 Å². The molecule has 1 aromatic heterocycles. The molecule has 0 bridgehead atoms. The third kappa shape index (κ3) is 2.33. The molecule has 0 aliphatic rings. The maximum atomic E-state index is 13.0. The predicted octanol–water partition coefficient (Wildman–Crippen LogP) is 3.69. The average Bonchev–Trinajstić information content (AvgIpc) is 2.69. The van der Waals surface area contributed by atoms with Gasteiger partial charge in [-0.25, -0.2) is 4.39 Å². The van der Waals surface area contributed by atoms with Crippen LogP contribution in [0.15, 0.2) is 28.9 Å². The Labute approximate surface area is 117 Å². The van der Waals surface area contributed by atoms with Gasteiger partial charge in [0, 0.05) is 16.6 Å². The maximum Gasteiger partial charge on any atom is 0.213 e. The summed E-state index contributed by atoms with van der Waals surface area (Å²) in [4.78, 5) is 12.3. The van der Waals surface area contributed by atoms with Crippen molar-refractivity contribution >= 4 is 33.3 Å². The van der Waals surface area contributed by atoms with Crippen LogP contribution in [0.4, 0.5) is 4.39 Å². The normalized spacial score (nSPS) is 10.7. The summed E-state index contributed by atoms with van der Waals surface area (Å²) in [5, 5.41) is 4.29. The lowest BCUT2D eigenvalue weighted by molar-refractivity contribution is 0.102. The number of aryl methyl sites for hydroxylation is 1. The fraction of sp³-hybridized carbons (Fsp3) is 0.167. The largest absolute Gasteiger partial charge is 0.287 e. The number of nitrogens with zero attached hydrogens (tertiary/aromatic N) is 2. The minimum atomic E-state index is -0.409. The van der Waals surface area contributed by atoms with E-state index in [-0.39, 0.29) is 10.8 Å². The van der Waals surface area contributed by atoms with Crippen molar-refractivity contribution in [1.82, 2.24) is 9.78 Å².